The van der Waals surface area contributed by atoms with Crippen LogP contribution in [0.1, 0.15) is 34.6 Å². The first kappa shape index (κ1) is 14.3. The number of rotatable bonds is 4. The Balaban J connectivity index is 4.93. The molecule has 0 aliphatic rings. The van der Waals surface area contributed by atoms with Crippen molar-refractivity contribution in [2.45, 2.75) is 40.7 Å². The number of thiocarbonyl (C=S) groups is 1. The molecule has 0 unspecified atom stereocenters. The first-order valence-electron chi connectivity index (χ1n) is 5.24. The van der Waals surface area contributed by atoms with E-state index < -0.39 is 6.04 Å². The summed E-state index contributed by atoms with van der Waals surface area (Å²) in [5, 5.41) is 2.32. The van der Waals surface area contributed by atoms with Gasteiger partial charge in [-0.1, -0.05) is 20.8 Å². The highest BCUT2D eigenvalue weighted by Crippen LogP contribution is 2.23. The van der Waals surface area contributed by atoms with E-state index in [1.807, 2.05) is 34.6 Å². The minimum absolute atomic E-state index is 0.0323. The maximum atomic E-state index is 12.1. The van der Waals surface area contributed by atoms with Crippen LogP contribution < -0.4 is 0 Å². The van der Waals surface area contributed by atoms with Gasteiger partial charge in [0.1, 0.15) is 6.04 Å². The summed E-state index contributed by atoms with van der Waals surface area (Å²) >= 11 is 4.59. The minimum Gasteiger partial charge on any atom is -0.341 e. The van der Waals surface area contributed by atoms with E-state index in [0.29, 0.717) is 13.1 Å². The van der Waals surface area contributed by atoms with Crippen LogP contribution in [0, 0.1) is 5.41 Å². The van der Waals surface area contributed by atoms with Gasteiger partial charge in [0.25, 0.3) is 0 Å². The van der Waals surface area contributed by atoms with Crippen LogP contribution >= 0.6 is 12.2 Å². The fourth-order valence-corrected chi connectivity index (χ4v) is 1.49. The van der Waals surface area contributed by atoms with Crippen molar-refractivity contribution < 1.29 is 4.79 Å². The molecule has 0 spiro atoms. The summed E-state index contributed by atoms with van der Waals surface area (Å²) in [5.74, 6) is 0.0323. The quantitative estimate of drug-likeness (QED) is 0.546. The number of hydrogen-bond acceptors (Lipinski definition) is 3. The van der Waals surface area contributed by atoms with Crippen molar-refractivity contribution in [3.63, 3.8) is 0 Å². The maximum Gasteiger partial charge on any atom is 0.248 e. The summed E-state index contributed by atoms with van der Waals surface area (Å²) in [4.78, 5) is 17.8. The highest BCUT2D eigenvalue weighted by Gasteiger charge is 2.33. The van der Waals surface area contributed by atoms with E-state index in [2.05, 4.69) is 22.4 Å². The zero-order valence-electron chi connectivity index (χ0n) is 10.2. The molecule has 0 saturated heterocycles. The molecule has 1 atom stereocenters. The molecule has 0 bridgehead atoms. The molecule has 15 heavy (non-hydrogen) atoms. The third-order valence-electron chi connectivity index (χ3n) is 2.31. The first-order valence-corrected chi connectivity index (χ1v) is 5.65. The molecular weight excluding hydrogens is 208 g/mol. The number of isothiocyanates is 1. The normalized spacial score (nSPS) is 12.9. The van der Waals surface area contributed by atoms with E-state index in [1.165, 1.54) is 0 Å². The number of carbonyl (C=O) groups excluding carboxylic acids is 1. The summed E-state index contributed by atoms with van der Waals surface area (Å²) < 4.78 is 0. The Kier molecular flexibility index (Phi) is 5.69. The average Bonchev–Trinajstić information content (AvgIpc) is 2.14. The second-order valence-electron chi connectivity index (χ2n) is 4.50. The van der Waals surface area contributed by atoms with Crippen molar-refractivity contribution in [2.24, 2.45) is 10.4 Å². The van der Waals surface area contributed by atoms with Gasteiger partial charge in [0, 0.05) is 13.1 Å². The van der Waals surface area contributed by atoms with Gasteiger partial charge in [-0.2, -0.15) is 0 Å². The van der Waals surface area contributed by atoms with Crippen LogP contribution in [0.3, 0.4) is 0 Å². The van der Waals surface area contributed by atoms with Gasteiger partial charge in [-0.15, -0.1) is 0 Å². The molecule has 0 aliphatic carbocycles. The molecule has 0 aliphatic heterocycles. The van der Waals surface area contributed by atoms with Crippen molar-refractivity contribution >= 4 is 23.3 Å². The van der Waals surface area contributed by atoms with Gasteiger partial charge in [0.05, 0.1) is 5.16 Å². The van der Waals surface area contributed by atoms with E-state index in [1.54, 1.807) is 4.90 Å². The van der Waals surface area contributed by atoms with Gasteiger partial charge in [0.2, 0.25) is 5.91 Å². The van der Waals surface area contributed by atoms with Crippen LogP contribution in [0.2, 0.25) is 0 Å². The number of amides is 1. The second-order valence-corrected chi connectivity index (χ2v) is 4.68. The molecule has 0 heterocycles. The van der Waals surface area contributed by atoms with Crippen molar-refractivity contribution in [3.8, 4) is 0 Å². The number of carbonyl (C=O) groups is 1. The van der Waals surface area contributed by atoms with Crippen LogP contribution in [0.5, 0.6) is 0 Å². The Morgan fingerprint density at radius 1 is 1.40 bits per heavy atom. The van der Waals surface area contributed by atoms with Crippen LogP contribution in [0.15, 0.2) is 4.99 Å². The summed E-state index contributed by atoms with van der Waals surface area (Å²) in [5.41, 5.74) is -0.217. The molecule has 0 aromatic rings. The summed E-state index contributed by atoms with van der Waals surface area (Å²) in [6.45, 7) is 11.3. The largest absolute Gasteiger partial charge is 0.341 e. The monoisotopic (exact) mass is 228 g/mol. The fourth-order valence-electron chi connectivity index (χ4n) is 1.38. The number of likely N-dealkylation sites (N-methyl/N-ethyl adjacent to an activating group) is 1. The van der Waals surface area contributed by atoms with Crippen LogP contribution in [-0.2, 0) is 4.79 Å². The Bertz CT molecular complexity index is 260. The van der Waals surface area contributed by atoms with Crippen LogP contribution in [0.4, 0.5) is 0 Å². The lowest BCUT2D eigenvalue weighted by molar-refractivity contribution is -0.134. The molecule has 0 fully saturated rings. The first-order chi connectivity index (χ1) is 6.88. The van der Waals surface area contributed by atoms with Crippen molar-refractivity contribution in [2.75, 3.05) is 13.1 Å². The smallest absolute Gasteiger partial charge is 0.248 e. The molecule has 3 nitrogen and oxygen atoms in total. The van der Waals surface area contributed by atoms with Gasteiger partial charge in [-0.3, -0.25) is 4.79 Å². The second kappa shape index (κ2) is 5.99. The van der Waals surface area contributed by atoms with Gasteiger partial charge in [-0.25, -0.2) is 4.99 Å². The lowest BCUT2D eigenvalue weighted by atomic mass is 9.86. The predicted molar refractivity (Wildman–Crippen MR) is 66.2 cm³/mol. The standard InChI is InChI=1S/C11H20N2OS/c1-6-13(7-2)10(14)9(12-8-15)11(3,4)5/h9H,6-7H2,1-5H3/t9-/m1/s1. The lowest BCUT2D eigenvalue weighted by Crippen LogP contribution is -2.44. The Morgan fingerprint density at radius 2 is 1.87 bits per heavy atom. The maximum absolute atomic E-state index is 12.1. The third kappa shape index (κ3) is 4.10. The van der Waals surface area contributed by atoms with Gasteiger partial charge >= 0.3 is 0 Å². The Hall–Kier alpha value is -0.730. The van der Waals surface area contributed by atoms with E-state index >= 15 is 0 Å². The van der Waals surface area contributed by atoms with Crippen LogP contribution in [-0.4, -0.2) is 35.1 Å². The average molecular weight is 228 g/mol. The molecule has 0 N–H and O–H groups in total. The zero-order chi connectivity index (χ0) is 12.1. The Labute approximate surface area is 97.6 Å². The lowest BCUT2D eigenvalue weighted by Gasteiger charge is -2.30. The van der Waals surface area contributed by atoms with E-state index in [4.69, 9.17) is 0 Å². The third-order valence-corrected chi connectivity index (χ3v) is 2.42. The van der Waals surface area contributed by atoms with Gasteiger partial charge < -0.3 is 4.90 Å². The van der Waals surface area contributed by atoms with E-state index in [9.17, 15) is 4.79 Å². The van der Waals surface area contributed by atoms with Gasteiger partial charge in [0.15, 0.2) is 0 Å². The summed E-state index contributed by atoms with van der Waals surface area (Å²) in [6, 6.07) is -0.421. The van der Waals surface area contributed by atoms with Crippen molar-refractivity contribution in [1.29, 1.82) is 0 Å². The number of nitrogens with zero attached hydrogens (tertiary/aromatic N) is 2. The molecule has 0 rings (SSSR count). The topological polar surface area (TPSA) is 32.7 Å². The van der Waals surface area contributed by atoms with Gasteiger partial charge in [-0.05, 0) is 31.5 Å². The molecule has 4 heteroatoms. The minimum atomic E-state index is -0.421. The van der Waals surface area contributed by atoms with E-state index in [-0.39, 0.29) is 11.3 Å². The molecular formula is C11H20N2OS. The highest BCUT2D eigenvalue weighted by atomic mass is 32.1. The van der Waals surface area contributed by atoms with E-state index in [0.717, 1.165) is 0 Å². The predicted octanol–water partition coefficient (Wildman–Crippen LogP) is 2.37. The fraction of sp³-hybridized carbons (Fsp3) is 0.818. The Morgan fingerprint density at radius 3 is 2.13 bits per heavy atom. The van der Waals surface area contributed by atoms with Crippen molar-refractivity contribution in [3.05, 3.63) is 0 Å². The molecule has 0 radical (unpaired) electrons. The molecule has 0 aromatic carbocycles. The molecule has 1 amide bonds. The van der Waals surface area contributed by atoms with Crippen molar-refractivity contribution in [1.82, 2.24) is 4.90 Å². The number of hydrogen-bond donors (Lipinski definition) is 0. The summed E-state index contributed by atoms with van der Waals surface area (Å²) in [6.07, 6.45) is 0. The zero-order valence-corrected chi connectivity index (χ0v) is 11.0. The summed E-state index contributed by atoms with van der Waals surface area (Å²) in [7, 11) is 0. The highest BCUT2D eigenvalue weighted by molar-refractivity contribution is 7.78. The molecule has 0 aromatic heterocycles. The SMILES string of the molecule is CCN(CC)C(=O)[C@@H](N=C=S)C(C)(C)C. The molecule has 86 valence electrons. The van der Waals surface area contributed by atoms with Crippen LogP contribution in [0.25, 0.3) is 0 Å². The number of aliphatic imine (C=N–C) groups is 1. The molecule has 0 saturated carbocycles.